The minimum atomic E-state index is -0.953. The van der Waals surface area contributed by atoms with E-state index >= 15 is 0 Å². The number of carboxylic acids is 1. The molecule has 0 amide bonds. The zero-order chi connectivity index (χ0) is 20.5. The number of aliphatic carboxylic acids is 1. The van der Waals surface area contributed by atoms with Gasteiger partial charge in [0.05, 0.1) is 18.7 Å². The number of fused-ring (bicyclic) bond motifs is 4. The topological polar surface area (TPSA) is 71.9 Å². The first-order valence-corrected chi connectivity index (χ1v) is 10.2. The first-order valence-electron chi connectivity index (χ1n) is 10.2. The molecular weight excluding hydrogens is 368 g/mol. The smallest absolute Gasteiger partial charge is 0.332 e. The average molecular weight is 396 g/mol. The van der Waals surface area contributed by atoms with Crippen molar-refractivity contribution in [3.8, 4) is 5.75 Å². The highest BCUT2D eigenvalue weighted by molar-refractivity contribution is 5.84. The quantitative estimate of drug-likeness (QED) is 0.720. The van der Waals surface area contributed by atoms with Gasteiger partial charge in [-0.15, -0.1) is 6.58 Å². The molecule has 1 aromatic carbocycles. The van der Waals surface area contributed by atoms with E-state index in [4.69, 9.17) is 9.47 Å². The zero-order valence-corrected chi connectivity index (χ0v) is 17.0. The molecule has 2 bridgehead atoms. The molecule has 3 aliphatic rings. The third-order valence-electron chi connectivity index (χ3n) is 6.49. The molecule has 3 saturated heterocycles. The Hall–Kier alpha value is -2.44. The van der Waals surface area contributed by atoms with Crippen LogP contribution >= 0.6 is 0 Å². The van der Waals surface area contributed by atoms with E-state index < -0.39 is 12.1 Å². The molecule has 2 aromatic rings. The van der Waals surface area contributed by atoms with Gasteiger partial charge in [0.1, 0.15) is 5.75 Å². The Kier molecular flexibility index (Phi) is 5.56. The largest absolute Gasteiger partial charge is 0.497 e. The monoisotopic (exact) mass is 396 g/mol. The summed E-state index contributed by atoms with van der Waals surface area (Å²) in [5, 5.41) is 10.4. The van der Waals surface area contributed by atoms with Crippen LogP contribution in [-0.2, 0) is 9.53 Å². The molecule has 3 aliphatic heterocycles. The van der Waals surface area contributed by atoms with Crippen molar-refractivity contribution in [2.24, 2.45) is 11.8 Å². The summed E-state index contributed by atoms with van der Waals surface area (Å²) in [6, 6.07) is 7.85. The minimum Gasteiger partial charge on any atom is -0.497 e. The van der Waals surface area contributed by atoms with E-state index in [1.165, 1.54) is 0 Å². The SMILES string of the molecule is C=CC1CN2CCC1CC2[C@@H](OC(C)C(=O)O)c1ccnc2ccc(OC)cc12. The van der Waals surface area contributed by atoms with Gasteiger partial charge in [-0.05, 0) is 68.0 Å². The fourth-order valence-corrected chi connectivity index (χ4v) is 4.86. The Bertz CT molecular complexity index is 915. The summed E-state index contributed by atoms with van der Waals surface area (Å²) in [6.45, 7) is 7.56. The summed E-state index contributed by atoms with van der Waals surface area (Å²) in [4.78, 5) is 18.5. The second kappa shape index (κ2) is 8.13. The molecule has 154 valence electrons. The Morgan fingerprint density at radius 3 is 2.90 bits per heavy atom. The number of hydrogen-bond donors (Lipinski definition) is 1. The fourth-order valence-electron chi connectivity index (χ4n) is 4.86. The number of piperidine rings is 3. The lowest BCUT2D eigenvalue weighted by molar-refractivity contribution is -0.159. The van der Waals surface area contributed by atoms with Gasteiger partial charge in [0, 0.05) is 24.2 Å². The van der Waals surface area contributed by atoms with Crippen LogP contribution in [-0.4, -0.2) is 53.3 Å². The van der Waals surface area contributed by atoms with Gasteiger partial charge < -0.3 is 14.6 Å². The maximum Gasteiger partial charge on any atom is 0.332 e. The van der Waals surface area contributed by atoms with Gasteiger partial charge in [0.2, 0.25) is 0 Å². The highest BCUT2D eigenvalue weighted by Gasteiger charge is 2.44. The number of aromatic nitrogens is 1. The average Bonchev–Trinajstić information content (AvgIpc) is 2.76. The van der Waals surface area contributed by atoms with Crippen molar-refractivity contribution in [2.45, 2.75) is 38.0 Å². The Balaban J connectivity index is 1.77. The molecule has 6 atom stereocenters. The van der Waals surface area contributed by atoms with E-state index in [2.05, 4.69) is 22.5 Å². The van der Waals surface area contributed by atoms with Crippen molar-refractivity contribution in [1.82, 2.24) is 9.88 Å². The molecule has 4 heterocycles. The summed E-state index contributed by atoms with van der Waals surface area (Å²) < 4.78 is 11.6. The number of rotatable bonds is 7. The highest BCUT2D eigenvalue weighted by Crippen LogP contribution is 2.44. The van der Waals surface area contributed by atoms with Crippen LogP contribution in [0.2, 0.25) is 0 Å². The Morgan fingerprint density at radius 1 is 1.41 bits per heavy atom. The molecule has 6 nitrogen and oxygen atoms in total. The van der Waals surface area contributed by atoms with E-state index in [1.807, 2.05) is 24.3 Å². The summed E-state index contributed by atoms with van der Waals surface area (Å²) in [6.07, 6.45) is 4.71. The molecule has 0 aliphatic carbocycles. The summed E-state index contributed by atoms with van der Waals surface area (Å²) >= 11 is 0. The van der Waals surface area contributed by atoms with E-state index in [0.717, 1.165) is 48.1 Å². The van der Waals surface area contributed by atoms with Crippen molar-refractivity contribution < 1.29 is 19.4 Å². The molecule has 1 aromatic heterocycles. The highest BCUT2D eigenvalue weighted by atomic mass is 16.5. The molecule has 5 rings (SSSR count). The van der Waals surface area contributed by atoms with Crippen molar-refractivity contribution in [3.63, 3.8) is 0 Å². The number of benzene rings is 1. The van der Waals surface area contributed by atoms with Crippen LogP contribution in [0.15, 0.2) is 43.1 Å². The summed E-state index contributed by atoms with van der Waals surface area (Å²) in [5.41, 5.74) is 1.81. The lowest BCUT2D eigenvalue weighted by Gasteiger charge is -2.51. The van der Waals surface area contributed by atoms with Crippen LogP contribution in [0.4, 0.5) is 0 Å². The molecular formula is C23H28N2O4. The van der Waals surface area contributed by atoms with Crippen LogP contribution in [0.3, 0.4) is 0 Å². The van der Waals surface area contributed by atoms with Gasteiger partial charge in [0.25, 0.3) is 0 Å². The fraction of sp³-hybridized carbons (Fsp3) is 0.478. The molecule has 29 heavy (non-hydrogen) atoms. The maximum absolute atomic E-state index is 11.6. The second-order valence-electron chi connectivity index (χ2n) is 8.07. The van der Waals surface area contributed by atoms with Gasteiger partial charge in [-0.2, -0.15) is 0 Å². The molecule has 3 fully saturated rings. The first-order chi connectivity index (χ1) is 14.0. The van der Waals surface area contributed by atoms with Crippen LogP contribution < -0.4 is 4.74 Å². The van der Waals surface area contributed by atoms with Gasteiger partial charge in [-0.1, -0.05) is 6.08 Å². The van der Waals surface area contributed by atoms with Crippen LogP contribution in [0, 0.1) is 11.8 Å². The lowest BCUT2D eigenvalue weighted by Crippen LogP contribution is -2.55. The van der Waals surface area contributed by atoms with E-state index in [-0.39, 0.29) is 12.1 Å². The Labute approximate surface area is 171 Å². The molecule has 6 heteroatoms. The second-order valence-corrected chi connectivity index (χ2v) is 8.07. The molecule has 0 spiro atoms. The summed E-state index contributed by atoms with van der Waals surface area (Å²) in [7, 11) is 1.64. The predicted octanol–water partition coefficient (Wildman–Crippen LogP) is 3.67. The van der Waals surface area contributed by atoms with Crippen LogP contribution in [0.25, 0.3) is 10.9 Å². The molecule has 1 N–H and O–H groups in total. The molecule has 5 unspecified atom stereocenters. The lowest BCUT2D eigenvalue weighted by atomic mass is 9.73. The van der Waals surface area contributed by atoms with Crippen LogP contribution in [0.1, 0.15) is 31.4 Å². The molecule has 0 radical (unpaired) electrons. The van der Waals surface area contributed by atoms with Crippen molar-refractivity contribution in [2.75, 3.05) is 20.2 Å². The standard InChI is InChI=1S/C23H28N2O4/c1-4-15-13-25-10-8-16(15)11-21(25)22(29-14(2)23(26)27)18-7-9-24-20-6-5-17(28-3)12-19(18)20/h4-7,9,12,14-16,21-22H,1,8,10-11,13H2,2-3H3,(H,26,27)/t14?,15?,16?,21?,22-/m0/s1. The first kappa shape index (κ1) is 19.9. The van der Waals surface area contributed by atoms with Gasteiger partial charge in [0.15, 0.2) is 6.10 Å². The number of nitrogens with zero attached hydrogens (tertiary/aromatic N) is 2. The molecule has 0 saturated carbocycles. The number of pyridine rings is 1. The van der Waals surface area contributed by atoms with Crippen LogP contribution in [0.5, 0.6) is 5.75 Å². The third kappa shape index (κ3) is 3.74. The maximum atomic E-state index is 11.6. The van der Waals surface area contributed by atoms with E-state index in [9.17, 15) is 9.90 Å². The predicted molar refractivity (Wildman–Crippen MR) is 111 cm³/mol. The number of methoxy groups -OCH3 is 1. The Morgan fingerprint density at radius 2 is 2.24 bits per heavy atom. The van der Waals surface area contributed by atoms with Gasteiger partial charge in [-0.3, -0.25) is 9.88 Å². The van der Waals surface area contributed by atoms with E-state index in [1.54, 1.807) is 20.2 Å². The number of hydrogen-bond acceptors (Lipinski definition) is 5. The minimum absolute atomic E-state index is 0.128. The third-order valence-corrected chi connectivity index (χ3v) is 6.49. The number of carbonyl (C=O) groups is 1. The summed E-state index contributed by atoms with van der Waals surface area (Å²) in [5.74, 6) is 0.850. The van der Waals surface area contributed by atoms with Crippen molar-refractivity contribution >= 4 is 16.9 Å². The van der Waals surface area contributed by atoms with E-state index in [0.29, 0.717) is 11.8 Å². The number of carboxylic acid groups (broad SMARTS) is 1. The van der Waals surface area contributed by atoms with Crippen molar-refractivity contribution in [3.05, 3.63) is 48.7 Å². The van der Waals surface area contributed by atoms with Gasteiger partial charge >= 0.3 is 5.97 Å². The van der Waals surface area contributed by atoms with Crippen molar-refractivity contribution in [1.29, 1.82) is 0 Å². The number of ether oxygens (including phenoxy) is 2. The zero-order valence-electron chi connectivity index (χ0n) is 17.0. The van der Waals surface area contributed by atoms with Gasteiger partial charge in [-0.25, -0.2) is 4.79 Å². The normalized spacial score (nSPS) is 28.1.